The Bertz CT molecular complexity index is 946. The molecule has 0 saturated heterocycles. The molecule has 0 atom stereocenters. The number of benzene rings is 1. The first-order chi connectivity index (χ1) is 14.7. The fraction of sp³-hybridized carbons (Fsp3) is 0.522. The number of para-hydroxylation sites is 1. The number of hydrogen-bond donors (Lipinski definition) is 3. The van der Waals surface area contributed by atoms with Crippen LogP contribution >= 0.6 is 0 Å². The molecule has 0 bridgehead atoms. The molecule has 8 nitrogen and oxygen atoms in total. The van der Waals surface area contributed by atoms with Crippen molar-refractivity contribution in [1.29, 1.82) is 0 Å². The third-order valence-electron chi connectivity index (χ3n) is 4.64. The Morgan fingerprint density at radius 1 is 1.03 bits per heavy atom. The van der Waals surface area contributed by atoms with Gasteiger partial charge >= 0.3 is 6.09 Å². The minimum absolute atomic E-state index is 0.138. The zero-order valence-electron chi connectivity index (χ0n) is 18.6. The maximum Gasteiger partial charge on any atom is 0.407 e. The number of nitrogens with zero attached hydrogens (tertiary/aromatic N) is 1. The third kappa shape index (κ3) is 7.71. The molecule has 0 aliphatic carbocycles. The molecule has 1 heterocycles. The van der Waals surface area contributed by atoms with Crippen LogP contribution in [0, 0.1) is 0 Å². The molecule has 0 fully saturated rings. The van der Waals surface area contributed by atoms with Gasteiger partial charge in [0.25, 0.3) is 11.5 Å². The zero-order valence-corrected chi connectivity index (χ0v) is 18.6. The molecule has 0 saturated carbocycles. The van der Waals surface area contributed by atoms with E-state index in [0.29, 0.717) is 24.0 Å². The summed E-state index contributed by atoms with van der Waals surface area (Å²) in [7, 11) is 0. The Hall–Kier alpha value is -2.87. The van der Waals surface area contributed by atoms with Gasteiger partial charge in [-0.05, 0) is 39.7 Å². The lowest BCUT2D eigenvalue weighted by molar-refractivity contribution is 0.0526. The van der Waals surface area contributed by atoms with Crippen LogP contribution in [0.5, 0.6) is 0 Å². The van der Waals surface area contributed by atoms with Crippen molar-refractivity contribution in [3.8, 4) is 0 Å². The van der Waals surface area contributed by atoms with Crippen LogP contribution in [0.1, 0.15) is 56.8 Å². The van der Waals surface area contributed by atoms with Gasteiger partial charge in [0.1, 0.15) is 5.60 Å². The maximum atomic E-state index is 12.7. The van der Waals surface area contributed by atoms with E-state index in [1.54, 1.807) is 4.57 Å². The van der Waals surface area contributed by atoms with Crippen LogP contribution in [0.25, 0.3) is 10.9 Å². The van der Waals surface area contributed by atoms with Crippen molar-refractivity contribution in [3.63, 3.8) is 0 Å². The van der Waals surface area contributed by atoms with Crippen molar-refractivity contribution in [3.05, 3.63) is 46.2 Å². The fourth-order valence-corrected chi connectivity index (χ4v) is 3.27. The van der Waals surface area contributed by atoms with Gasteiger partial charge in [0.2, 0.25) is 0 Å². The number of aromatic nitrogens is 1. The molecule has 1 aromatic heterocycles. The molecule has 1 aromatic carbocycles. The van der Waals surface area contributed by atoms with Gasteiger partial charge in [-0.3, -0.25) is 9.59 Å². The predicted octanol–water partition coefficient (Wildman–Crippen LogP) is 2.81. The molecular formula is C23H33N3O5. The highest BCUT2D eigenvalue weighted by Crippen LogP contribution is 2.17. The Morgan fingerprint density at radius 3 is 2.45 bits per heavy atom. The minimum atomic E-state index is -0.505. The number of hydrogen-bond acceptors (Lipinski definition) is 5. The van der Waals surface area contributed by atoms with Crippen molar-refractivity contribution in [2.75, 3.05) is 19.7 Å². The highest BCUT2D eigenvalue weighted by atomic mass is 16.6. The van der Waals surface area contributed by atoms with Crippen LogP contribution in [0.2, 0.25) is 0 Å². The molecular weight excluding hydrogens is 398 g/mol. The molecule has 170 valence electrons. The predicted molar refractivity (Wildman–Crippen MR) is 120 cm³/mol. The summed E-state index contributed by atoms with van der Waals surface area (Å²) in [6.07, 6.45) is 3.07. The van der Waals surface area contributed by atoms with Crippen LogP contribution in [0.4, 0.5) is 4.79 Å². The van der Waals surface area contributed by atoms with E-state index in [0.717, 1.165) is 31.2 Å². The summed E-state index contributed by atoms with van der Waals surface area (Å²) in [6.45, 7) is 6.56. The molecule has 0 unspecified atom stereocenters. The number of aryl methyl sites for hydroxylation is 1. The van der Waals surface area contributed by atoms with Crippen molar-refractivity contribution >= 4 is 22.9 Å². The molecule has 0 radical (unpaired) electrons. The summed E-state index contributed by atoms with van der Waals surface area (Å²) < 4.78 is 6.89. The number of aliphatic hydroxyl groups is 1. The normalized spacial score (nSPS) is 11.4. The molecule has 2 amide bonds. The molecule has 2 aromatic rings. The van der Waals surface area contributed by atoms with Crippen LogP contribution in [-0.2, 0) is 11.3 Å². The molecule has 3 N–H and O–H groups in total. The number of alkyl carbamates (subject to hydrolysis) is 1. The van der Waals surface area contributed by atoms with Gasteiger partial charge in [-0.25, -0.2) is 4.79 Å². The van der Waals surface area contributed by atoms with E-state index in [4.69, 9.17) is 9.84 Å². The molecule has 0 aliphatic rings. The summed E-state index contributed by atoms with van der Waals surface area (Å²) in [5.41, 5.74) is 0.309. The standard InChI is InChI=1S/C23H33N3O5/c1-23(2,3)31-22(30)25-12-8-4-5-9-14-26-19-11-7-6-10-17(19)18(16-20(26)28)21(29)24-13-15-27/h6-7,10-11,16,27H,4-5,8-9,12-15H2,1-3H3,(H,24,29)(H,25,30). The molecule has 8 heteroatoms. The number of rotatable bonds is 10. The lowest BCUT2D eigenvalue weighted by Gasteiger charge is -2.19. The number of carbonyl (C=O) groups is 2. The summed E-state index contributed by atoms with van der Waals surface area (Å²) in [4.78, 5) is 36.6. The second-order valence-corrected chi connectivity index (χ2v) is 8.39. The number of ether oxygens (including phenoxy) is 1. The summed E-state index contributed by atoms with van der Waals surface area (Å²) in [6, 6.07) is 8.69. The van der Waals surface area contributed by atoms with E-state index in [9.17, 15) is 14.4 Å². The molecule has 2 rings (SSSR count). The lowest BCUT2D eigenvalue weighted by Crippen LogP contribution is -2.33. The van der Waals surface area contributed by atoms with E-state index in [1.807, 2.05) is 45.0 Å². The van der Waals surface area contributed by atoms with Gasteiger partial charge in [-0.2, -0.15) is 0 Å². The number of nitrogens with one attached hydrogen (secondary N) is 2. The smallest absolute Gasteiger partial charge is 0.407 e. The average Bonchev–Trinajstić information content (AvgIpc) is 2.70. The largest absolute Gasteiger partial charge is 0.444 e. The molecule has 0 aliphatic heterocycles. The topological polar surface area (TPSA) is 110 Å². The summed E-state index contributed by atoms with van der Waals surface area (Å²) in [5, 5.41) is 15.0. The van der Waals surface area contributed by atoms with Crippen LogP contribution in [0.15, 0.2) is 35.1 Å². The van der Waals surface area contributed by atoms with Crippen molar-refractivity contribution < 1.29 is 19.4 Å². The van der Waals surface area contributed by atoms with E-state index < -0.39 is 11.7 Å². The van der Waals surface area contributed by atoms with E-state index in [2.05, 4.69) is 10.6 Å². The first-order valence-corrected chi connectivity index (χ1v) is 10.7. The second-order valence-electron chi connectivity index (χ2n) is 8.39. The van der Waals surface area contributed by atoms with E-state index in [-0.39, 0.29) is 24.6 Å². The monoisotopic (exact) mass is 431 g/mol. The van der Waals surface area contributed by atoms with Gasteiger partial charge in [-0.1, -0.05) is 31.0 Å². The molecule has 31 heavy (non-hydrogen) atoms. The Kier molecular flexibility index (Phi) is 9.05. The highest BCUT2D eigenvalue weighted by Gasteiger charge is 2.16. The van der Waals surface area contributed by atoms with Crippen molar-refractivity contribution in [2.24, 2.45) is 0 Å². The Morgan fingerprint density at radius 2 is 1.74 bits per heavy atom. The Balaban J connectivity index is 1.90. The van der Waals surface area contributed by atoms with E-state index >= 15 is 0 Å². The first kappa shape index (κ1) is 24.4. The second kappa shape index (κ2) is 11.5. The van der Waals surface area contributed by atoms with Gasteiger partial charge in [0.15, 0.2) is 0 Å². The Labute approximate surface area is 182 Å². The number of amides is 2. The number of fused-ring (bicyclic) bond motifs is 1. The minimum Gasteiger partial charge on any atom is -0.444 e. The quantitative estimate of drug-likeness (QED) is 0.501. The average molecular weight is 432 g/mol. The maximum absolute atomic E-state index is 12.7. The van der Waals surface area contributed by atoms with Gasteiger partial charge < -0.3 is 25.0 Å². The van der Waals surface area contributed by atoms with Crippen molar-refractivity contribution in [2.45, 2.75) is 58.6 Å². The number of unbranched alkanes of at least 4 members (excludes halogenated alkanes) is 3. The fourth-order valence-electron chi connectivity index (χ4n) is 3.27. The summed E-state index contributed by atoms with van der Waals surface area (Å²) in [5.74, 6) is -0.369. The van der Waals surface area contributed by atoms with Crippen molar-refractivity contribution in [1.82, 2.24) is 15.2 Å². The number of aliphatic hydroxyl groups excluding tert-OH is 1. The number of pyridine rings is 1. The SMILES string of the molecule is CC(C)(C)OC(=O)NCCCCCCn1c(=O)cc(C(=O)NCCO)c2ccccc21. The molecule has 0 spiro atoms. The highest BCUT2D eigenvalue weighted by molar-refractivity contribution is 6.06. The van der Waals surface area contributed by atoms with E-state index in [1.165, 1.54) is 6.07 Å². The summed E-state index contributed by atoms with van der Waals surface area (Å²) >= 11 is 0. The zero-order chi connectivity index (χ0) is 22.9. The van der Waals surface area contributed by atoms with Crippen LogP contribution in [-0.4, -0.2) is 47.0 Å². The van der Waals surface area contributed by atoms with Crippen LogP contribution in [0.3, 0.4) is 0 Å². The lowest BCUT2D eigenvalue weighted by atomic mass is 10.1. The van der Waals surface area contributed by atoms with Gasteiger partial charge in [0.05, 0.1) is 17.7 Å². The number of carbonyl (C=O) groups excluding carboxylic acids is 2. The van der Waals surface area contributed by atoms with Gasteiger partial charge in [-0.15, -0.1) is 0 Å². The van der Waals surface area contributed by atoms with Gasteiger partial charge in [0, 0.05) is 31.1 Å². The third-order valence-corrected chi connectivity index (χ3v) is 4.64. The first-order valence-electron chi connectivity index (χ1n) is 10.7. The van der Waals surface area contributed by atoms with Crippen LogP contribution < -0.4 is 16.2 Å².